The van der Waals surface area contributed by atoms with E-state index in [0.29, 0.717) is 13.2 Å². The van der Waals surface area contributed by atoms with Crippen molar-refractivity contribution in [3.05, 3.63) is 71.6 Å². The highest BCUT2D eigenvalue weighted by atomic mass is 32.1. The van der Waals surface area contributed by atoms with Crippen LogP contribution < -0.4 is 0 Å². The fourth-order valence-electron chi connectivity index (χ4n) is 1.91. The number of thiazole rings is 1. The van der Waals surface area contributed by atoms with Gasteiger partial charge in [0.2, 0.25) is 0 Å². The van der Waals surface area contributed by atoms with Gasteiger partial charge in [-0.1, -0.05) is 36.4 Å². The van der Waals surface area contributed by atoms with Crippen LogP contribution in [0.15, 0.2) is 48.5 Å². The summed E-state index contributed by atoms with van der Waals surface area (Å²) in [5.74, 6) is 0. The molecule has 1 aromatic heterocycles. The number of aromatic nitrogens is 1. The number of nitrogens with zero attached hydrogens (tertiary/aromatic N) is 1. The van der Waals surface area contributed by atoms with Gasteiger partial charge in [-0.3, -0.25) is 0 Å². The summed E-state index contributed by atoms with van der Waals surface area (Å²) in [4.78, 5) is 4.56. The third-order valence-corrected chi connectivity index (χ3v) is 3.84. The monoisotopic (exact) mass is 268 g/mol. The third-order valence-electron chi connectivity index (χ3n) is 2.83. The predicted molar refractivity (Wildman–Crippen MR) is 79.0 cm³/mol. The topological polar surface area (TPSA) is 22.1 Å². The summed E-state index contributed by atoms with van der Waals surface area (Å²) < 4.78 is 6.88. The number of ether oxygens (including phenoxy) is 1. The van der Waals surface area contributed by atoms with Crippen molar-refractivity contribution in [2.24, 2.45) is 0 Å². The average molecular weight is 268 g/mol. The molecule has 0 fully saturated rings. The van der Waals surface area contributed by atoms with Crippen LogP contribution in [0.1, 0.15) is 16.1 Å². The van der Waals surface area contributed by atoms with Crippen molar-refractivity contribution in [1.29, 1.82) is 0 Å². The van der Waals surface area contributed by atoms with Crippen molar-refractivity contribution < 1.29 is 4.74 Å². The van der Waals surface area contributed by atoms with E-state index in [0.717, 1.165) is 16.1 Å². The molecular weight excluding hydrogens is 254 g/mol. The lowest BCUT2D eigenvalue weighted by molar-refractivity contribution is 0.107. The number of hydrogen-bond acceptors (Lipinski definition) is 3. The molecule has 0 bridgehead atoms. The summed E-state index contributed by atoms with van der Waals surface area (Å²) in [6.07, 6.45) is 0. The normalized spacial score (nSPS) is 11.0. The van der Waals surface area contributed by atoms with Gasteiger partial charge in [-0.25, -0.2) is 4.98 Å². The summed E-state index contributed by atoms with van der Waals surface area (Å²) in [5, 5.41) is 1.01. The van der Waals surface area contributed by atoms with Crippen molar-refractivity contribution >= 4 is 21.6 Å². The van der Waals surface area contributed by atoms with E-state index in [1.165, 1.54) is 10.3 Å². The van der Waals surface area contributed by atoms with E-state index in [4.69, 9.17) is 4.74 Å². The molecule has 0 N–H and O–H groups in total. The number of benzene rings is 2. The fraction of sp³-hybridized carbons (Fsp3) is 0.125. The van der Waals surface area contributed by atoms with E-state index in [1.54, 1.807) is 11.3 Å². The third kappa shape index (κ3) is 3.00. The fourth-order valence-corrected chi connectivity index (χ4v) is 2.80. The summed E-state index contributed by atoms with van der Waals surface area (Å²) in [5.41, 5.74) is 3.19. The number of fused-ring (bicyclic) bond motifs is 1. The number of rotatable bonds is 4. The highest BCUT2D eigenvalue weighted by Gasteiger charge is 2.04. The summed E-state index contributed by atoms with van der Waals surface area (Å²) in [6.45, 7) is 5.09. The van der Waals surface area contributed by atoms with Crippen LogP contribution in [0.2, 0.25) is 0 Å². The van der Waals surface area contributed by atoms with Gasteiger partial charge in [0, 0.05) is 0 Å². The van der Waals surface area contributed by atoms with Crippen LogP contribution in [0.5, 0.6) is 0 Å². The van der Waals surface area contributed by atoms with Gasteiger partial charge in [0.25, 0.3) is 0 Å². The maximum Gasteiger partial charge on any atom is 0.120 e. The van der Waals surface area contributed by atoms with Crippen LogP contribution in [0.4, 0.5) is 0 Å². The molecule has 19 heavy (non-hydrogen) atoms. The van der Waals surface area contributed by atoms with Gasteiger partial charge in [-0.15, -0.1) is 11.3 Å². The second-order valence-electron chi connectivity index (χ2n) is 4.39. The predicted octanol–water partition coefficient (Wildman–Crippen LogP) is 4.20. The second-order valence-corrected chi connectivity index (χ2v) is 5.50. The summed E-state index contributed by atoms with van der Waals surface area (Å²) in [7, 11) is 0. The van der Waals surface area contributed by atoms with E-state index in [2.05, 4.69) is 30.1 Å². The van der Waals surface area contributed by atoms with Crippen LogP contribution in [-0.2, 0) is 18.0 Å². The molecule has 3 rings (SSSR count). The molecule has 2 nitrogen and oxygen atoms in total. The average Bonchev–Trinajstić information content (AvgIpc) is 2.82. The maximum absolute atomic E-state index is 5.70. The largest absolute Gasteiger partial charge is 0.370 e. The Labute approximate surface area is 116 Å². The molecule has 95 valence electrons. The summed E-state index contributed by atoms with van der Waals surface area (Å²) in [6, 6.07) is 16.3. The molecule has 3 aromatic rings. The van der Waals surface area contributed by atoms with Crippen LogP contribution >= 0.6 is 11.3 Å². The second kappa shape index (κ2) is 5.51. The van der Waals surface area contributed by atoms with Crippen LogP contribution in [0, 0.1) is 6.92 Å². The molecule has 0 saturated heterocycles. The molecule has 0 aliphatic rings. The standard InChI is InChI=1S/C16H14NOS/c1-12-7-8-15-14(9-12)17-16(19-15)11-18-10-13-5-3-2-4-6-13/h2-9H,1,10-11H2. The van der Waals surface area contributed by atoms with E-state index in [9.17, 15) is 0 Å². The molecule has 2 aromatic carbocycles. The van der Waals surface area contributed by atoms with E-state index < -0.39 is 0 Å². The van der Waals surface area contributed by atoms with Gasteiger partial charge in [0.05, 0.1) is 23.4 Å². The zero-order valence-electron chi connectivity index (χ0n) is 10.5. The lowest BCUT2D eigenvalue weighted by Crippen LogP contribution is -1.93. The smallest absolute Gasteiger partial charge is 0.120 e. The minimum absolute atomic E-state index is 0.556. The Hall–Kier alpha value is -1.71. The first kappa shape index (κ1) is 12.3. The van der Waals surface area contributed by atoms with E-state index >= 15 is 0 Å². The molecule has 0 aliphatic carbocycles. The molecule has 1 heterocycles. The van der Waals surface area contributed by atoms with Crippen molar-refractivity contribution in [3.63, 3.8) is 0 Å². The minimum atomic E-state index is 0.556. The molecule has 1 radical (unpaired) electrons. The maximum atomic E-state index is 5.70. The van der Waals surface area contributed by atoms with Crippen LogP contribution in [-0.4, -0.2) is 4.98 Å². The highest BCUT2D eigenvalue weighted by Crippen LogP contribution is 2.23. The van der Waals surface area contributed by atoms with Gasteiger partial charge in [-0.2, -0.15) is 0 Å². The quantitative estimate of drug-likeness (QED) is 0.707. The molecular formula is C16H14NOS. The zero-order chi connectivity index (χ0) is 13.1. The Morgan fingerprint density at radius 2 is 1.89 bits per heavy atom. The Morgan fingerprint density at radius 3 is 2.74 bits per heavy atom. The molecule has 0 unspecified atom stereocenters. The van der Waals surface area contributed by atoms with Crippen molar-refractivity contribution in [2.45, 2.75) is 13.2 Å². The van der Waals surface area contributed by atoms with Crippen LogP contribution in [0.25, 0.3) is 10.2 Å². The number of hydrogen-bond donors (Lipinski definition) is 0. The van der Waals surface area contributed by atoms with Gasteiger partial charge >= 0.3 is 0 Å². The zero-order valence-corrected chi connectivity index (χ0v) is 11.3. The summed E-state index contributed by atoms with van der Waals surface area (Å²) >= 11 is 1.68. The molecule has 0 saturated carbocycles. The van der Waals surface area contributed by atoms with Crippen LogP contribution in [0.3, 0.4) is 0 Å². The molecule has 0 aliphatic heterocycles. The molecule has 0 spiro atoms. The highest BCUT2D eigenvalue weighted by molar-refractivity contribution is 7.18. The lowest BCUT2D eigenvalue weighted by Gasteiger charge is -2.01. The van der Waals surface area contributed by atoms with Gasteiger partial charge in [-0.05, 0) is 30.2 Å². The van der Waals surface area contributed by atoms with Crippen molar-refractivity contribution in [1.82, 2.24) is 4.98 Å². The Kier molecular flexibility index (Phi) is 3.58. The first-order valence-electron chi connectivity index (χ1n) is 6.14. The van der Waals surface area contributed by atoms with E-state index in [1.807, 2.05) is 30.3 Å². The molecule has 3 heteroatoms. The van der Waals surface area contributed by atoms with Gasteiger partial charge in [0.1, 0.15) is 5.01 Å². The Morgan fingerprint density at radius 1 is 1.05 bits per heavy atom. The van der Waals surface area contributed by atoms with Crippen molar-refractivity contribution in [2.75, 3.05) is 0 Å². The Bertz CT molecular complexity index is 676. The molecule has 0 atom stereocenters. The van der Waals surface area contributed by atoms with E-state index in [-0.39, 0.29) is 0 Å². The Balaban J connectivity index is 1.65. The van der Waals surface area contributed by atoms with Gasteiger partial charge in [0.15, 0.2) is 0 Å². The lowest BCUT2D eigenvalue weighted by atomic mass is 10.2. The first-order chi connectivity index (χ1) is 9.31. The minimum Gasteiger partial charge on any atom is -0.370 e. The molecule has 0 amide bonds. The SMILES string of the molecule is [CH2]c1ccc2sc(COCc3ccccc3)nc2c1. The van der Waals surface area contributed by atoms with Crippen molar-refractivity contribution in [3.8, 4) is 0 Å². The first-order valence-corrected chi connectivity index (χ1v) is 6.96. The van der Waals surface area contributed by atoms with Gasteiger partial charge < -0.3 is 4.74 Å².